The van der Waals surface area contributed by atoms with Crippen LogP contribution in [-0.4, -0.2) is 11.1 Å². The summed E-state index contributed by atoms with van der Waals surface area (Å²) >= 11 is 0. The molecule has 0 radical (unpaired) electrons. The van der Waals surface area contributed by atoms with Gasteiger partial charge < -0.3 is 5.11 Å². The molecule has 0 fully saturated rings. The number of aliphatic carboxylic acids is 1. The van der Waals surface area contributed by atoms with E-state index in [2.05, 4.69) is 0 Å². The minimum absolute atomic E-state index is 0.170. The lowest BCUT2D eigenvalue weighted by Gasteiger charge is -2.07. The van der Waals surface area contributed by atoms with E-state index in [1.807, 2.05) is 18.2 Å². The van der Waals surface area contributed by atoms with Crippen molar-refractivity contribution in [2.24, 2.45) is 0 Å². The standard InChI is InChI=1S/C10H12O2/c1-8(7-10(11)12)9-5-3-2-4-6-9/h2-6,8H,7H2,1H3,(H,11,12)/t8-/m1/s1/i8D. The summed E-state index contributed by atoms with van der Waals surface area (Å²) in [6.45, 7) is 1.61. The molecule has 12 heavy (non-hydrogen) atoms. The molecular weight excluding hydrogens is 152 g/mol. The maximum atomic E-state index is 10.5. The van der Waals surface area contributed by atoms with Crippen molar-refractivity contribution >= 4 is 5.97 Å². The lowest BCUT2D eigenvalue weighted by molar-refractivity contribution is -0.137. The highest BCUT2D eigenvalue weighted by Crippen LogP contribution is 2.17. The van der Waals surface area contributed by atoms with Gasteiger partial charge in [0.25, 0.3) is 0 Å². The molecule has 1 atom stereocenters. The first-order chi connectivity index (χ1) is 6.02. The van der Waals surface area contributed by atoms with E-state index in [9.17, 15) is 4.79 Å². The summed E-state index contributed by atoms with van der Waals surface area (Å²) in [6.07, 6.45) is -0.170. The molecule has 64 valence electrons. The third-order valence-corrected chi connectivity index (χ3v) is 1.68. The van der Waals surface area contributed by atoms with Crippen LogP contribution in [0.2, 0.25) is 0 Å². The molecule has 0 saturated carbocycles. The van der Waals surface area contributed by atoms with Gasteiger partial charge in [-0.25, -0.2) is 0 Å². The molecule has 0 saturated heterocycles. The van der Waals surface area contributed by atoms with Gasteiger partial charge >= 0.3 is 5.97 Å². The summed E-state index contributed by atoms with van der Waals surface area (Å²) in [6, 6.07) is 9.01. The van der Waals surface area contributed by atoms with Crippen molar-refractivity contribution in [2.75, 3.05) is 0 Å². The highest BCUT2D eigenvalue weighted by molar-refractivity contribution is 5.67. The molecular formula is C10H12O2. The largest absolute Gasteiger partial charge is 0.481 e. The maximum absolute atomic E-state index is 10.5. The fraction of sp³-hybridized carbons (Fsp3) is 0.300. The second-order valence-electron chi connectivity index (χ2n) is 2.72. The Morgan fingerprint density at radius 3 is 2.67 bits per heavy atom. The van der Waals surface area contributed by atoms with Gasteiger partial charge in [-0.2, -0.15) is 0 Å². The first kappa shape index (κ1) is 7.35. The quantitative estimate of drug-likeness (QED) is 0.745. The van der Waals surface area contributed by atoms with Crippen molar-refractivity contribution in [1.82, 2.24) is 0 Å². The van der Waals surface area contributed by atoms with Crippen molar-refractivity contribution in [3.8, 4) is 0 Å². The van der Waals surface area contributed by atoms with Crippen LogP contribution >= 0.6 is 0 Å². The number of hydrogen-bond acceptors (Lipinski definition) is 1. The first-order valence-corrected chi connectivity index (χ1v) is 3.80. The summed E-state index contributed by atoms with van der Waals surface area (Å²) in [5.74, 6) is -1.98. The third-order valence-electron chi connectivity index (χ3n) is 1.68. The number of carboxylic acid groups (broad SMARTS) is 1. The van der Waals surface area contributed by atoms with Crippen LogP contribution in [0.4, 0.5) is 0 Å². The molecule has 1 rings (SSSR count). The molecule has 2 heteroatoms. The molecule has 0 aliphatic carbocycles. The van der Waals surface area contributed by atoms with Gasteiger partial charge in [-0.3, -0.25) is 4.79 Å². The summed E-state index contributed by atoms with van der Waals surface area (Å²) in [5, 5.41) is 8.59. The second kappa shape index (κ2) is 3.90. The molecule has 1 aromatic rings. The van der Waals surface area contributed by atoms with E-state index in [-0.39, 0.29) is 6.42 Å². The molecule has 1 N–H and O–H groups in total. The Kier molecular flexibility index (Phi) is 2.39. The minimum Gasteiger partial charge on any atom is -0.481 e. The van der Waals surface area contributed by atoms with E-state index in [4.69, 9.17) is 6.48 Å². The molecule has 0 spiro atoms. The van der Waals surface area contributed by atoms with Crippen LogP contribution in [0.1, 0.15) is 26.2 Å². The van der Waals surface area contributed by atoms with E-state index in [0.717, 1.165) is 5.56 Å². The smallest absolute Gasteiger partial charge is 0.303 e. The molecule has 0 aliphatic heterocycles. The Bertz CT molecular complexity index is 293. The fourth-order valence-electron chi connectivity index (χ4n) is 1.05. The Hall–Kier alpha value is -1.31. The van der Waals surface area contributed by atoms with E-state index in [0.29, 0.717) is 0 Å². The number of rotatable bonds is 3. The Labute approximate surface area is 73.3 Å². The van der Waals surface area contributed by atoms with Crippen LogP contribution < -0.4 is 0 Å². The summed E-state index contributed by atoms with van der Waals surface area (Å²) in [7, 11) is 0. The normalized spacial score (nSPS) is 16.2. The van der Waals surface area contributed by atoms with Crippen LogP contribution in [0.5, 0.6) is 0 Å². The van der Waals surface area contributed by atoms with E-state index in [1.54, 1.807) is 19.1 Å². The minimum atomic E-state index is -1.03. The maximum Gasteiger partial charge on any atom is 0.303 e. The highest BCUT2D eigenvalue weighted by atomic mass is 16.4. The molecule has 0 bridgehead atoms. The SMILES string of the molecule is [2H][C@@](C)(CC(=O)O)c1ccccc1. The van der Waals surface area contributed by atoms with Gasteiger partial charge in [0.2, 0.25) is 0 Å². The average Bonchev–Trinajstić information content (AvgIpc) is 2.04. The molecule has 2 nitrogen and oxygen atoms in total. The Balaban J connectivity index is 2.87. The molecule has 0 aromatic heterocycles. The lowest BCUT2D eigenvalue weighted by Crippen LogP contribution is -2.02. The first-order valence-electron chi connectivity index (χ1n) is 4.30. The number of benzene rings is 1. The number of carboxylic acids is 1. The van der Waals surface area contributed by atoms with E-state index < -0.39 is 11.9 Å². The fourth-order valence-corrected chi connectivity index (χ4v) is 1.05. The van der Waals surface area contributed by atoms with Crippen molar-refractivity contribution in [1.29, 1.82) is 0 Å². The summed E-state index contributed by atoms with van der Waals surface area (Å²) < 4.78 is 7.82. The predicted octanol–water partition coefficient (Wildman–Crippen LogP) is 2.26. The topological polar surface area (TPSA) is 37.3 Å². The van der Waals surface area contributed by atoms with Gasteiger partial charge in [0.05, 0.1) is 6.42 Å². The Morgan fingerprint density at radius 1 is 1.58 bits per heavy atom. The zero-order chi connectivity index (χ0) is 9.90. The van der Waals surface area contributed by atoms with Gasteiger partial charge in [0, 0.05) is 1.37 Å². The van der Waals surface area contributed by atoms with Crippen LogP contribution in [0.25, 0.3) is 0 Å². The van der Waals surface area contributed by atoms with E-state index >= 15 is 0 Å². The van der Waals surface area contributed by atoms with Crippen molar-refractivity contribution in [3.05, 3.63) is 35.9 Å². The number of carbonyl (C=O) groups is 1. The zero-order valence-corrected chi connectivity index (χ0v) is 6.95. The molecule has 0 amide bonds. The van der Waals surface area contributed by atoms with Gasteiger partial charge in [-0.1, -0.05) is 37.3 Å². The summed E-state index contributed by atoms with van der Waals surface area (Å²) in [4.78, 5) is 10.5. The third kappa shape index (κ3) is 2.38. The van der Waals surface area contributed by atoms with Gasteiger partial charge in [0.1, 0.15) is 0 Å². The molecule has 0 unspecified atom stereocenters. The van der Waals surface area contributed by atoms with Crippen LogP contribution in [-0.2, 0) is 4.79 Å². The van der Waals surface area contributed by atoms with Crippen molar-refractivity contribution in [3.63, 3.8) is 0 Å². The highest BCUT2D eigenvalue weighted by Gasteiger charge is 2.08. The van der Waals surface area contributed by atoms with Crippen molar-refractivity contribution < 1.29 is 11.3 Å². The van der Waals surface area contributed by atoms with Crippen molar-refractivity contribution in [2.45, 2.75) is 19.2 Å². The van der Waals surface area contributed by atoms with Crippen LogP contribution in [0.15, 0.2) is 30.3 Å². The van der Waals surface area contributed by atoms with Crippen LogP contribution in [0.3, 0.4) is 0 Å². The van der Waals surface area contributed by atoms with Gasteiger partial charge in [0.15, 0.2) is 0 Å². The number of hydrogen-bond donors (Lipinski definition) is 1. The van der Waals surface area contributed by atoms with Crippen LogP contribution in [0, 0.1) is 0 Å². The Morgan fingerprint density at radius 2 is 2.17 bits per heavy atom. The molecule has 0 heterocycles. The molecule has 0 aliphatic rings. The second-order valence-corrected chi connectivity index (χ2v) is 2.72. The molecule has 1 aromatic carbocycles. The van der Waals surface area contributed by atoms with Gasteiger partial charge in [-0.05, 0) is 11.5 Å². The summed E-state index contributed by atoms with van der Waals surface area (Å²) in [5.41, 5.74) is 0.734. The van der Waals surface area contributed by atoms with E-state index in [1.165, 1.54) is 0 Å². The average molecular weight is 165 g/mol. The predicted molar refractivity (Wildman–Crippen MR) is 47.1 cm³/mol. The monoisotopic (exact) mass is 165 g/mol. The zero-order valence-electron chi connectivity index (χ0n) is 7.95. The van der Waals surface area contributed by atoms with Gasteiger partial charge in [-0.15, -0.1) is 0 Å². The lowest BCUT2D eigenvalue weighted by atomic mass is 9.98.